The molecule has 0 radical (unpaired) electrons. The molecule has 2 aromatic carbocycles. The van der Waals surface area contributed by atoms with Crippen LogP contribution in [0.3, 0.4) is 0 Å². The van der Waals surface area contributed by atoms with Gasteiger partial charge in [0.05, 0.1) is 31.2 Å². The van der Waals surface area contributed by atoms with E-state index in [-0.39, 0.29) is 17.3 Å². The Morgan fingerprint density at radius 2 is 1.78 bits per heavy atom. The first-order chi connectivity index (χ1) is 22.2. The monoisotopic (exact) mass is 633 g/mol. The van der Waals surface area contributed by atoms with Crippen molar-refractivity contribution in [3.8, 4) is 17.2 Å². The molecule has 1 amide bonds. The molecule has 0 unspecified atom stereocenters. The molecular weight excluding hydrogens is 603 g/mol. The normalized spacial score (nSPS) is 13.8. The third-order valence-electron chi connectivity index (χ3n) is 7.74. The zero-order chi connectivity index (χ0) is 32.3. The summed E-state index contributed by atoms with van der Waals surface area (Å²) in [6.45, 7) is 1.63. The second kappa shape index (κ2) is 13.0. The van der Waals surface area contributed by atoms with E-state index in [2.05, 4.69) is 25.6 Å². The van der Waals surface area contributed by atoms with E-state index in [9.17, 15) is 18.0 Å². The number of hydrogen-bond acceptors (Lipinski definition) is 9. The Kier molecular flexibility index (Phi) is 8.70. The summed E-state index contributed by atoms with van der Waals surface area (Å²) in [5.74, 6) is 1.20. The number of methoxy groups -OCH3 is 2. The van der Waals surface area contributed by atoms with Crippen molar-refractivity contribution in [2.45, 2.75) is 31.5 Å². The Balaban J connectivity index is 1.32. The fourth-order valence-electron chi connectivity index (χ4n) is 5.33. The summed E-state index contributed by atoms with van der Waals surface area (Å²) in [7, 11) is 3.18. The largest absolute Gasteiger partial charge is 0.497 e. The highest BCUT2D eigenvalue weighted by molar-refractivity contribution is 6.04. The number of benzene rings is 2. The Labute approximate surface area is 261 Å². The highest BCUT2D eigenvalue weighted by atomic mass is 19.4. The quantitative estimate of drug-likeness (QED) is 0.201. The van der Waals surface area contributed by atoms with E-state index in [0.717, 1.165) is 42.4 Å². The van der Waals surface area contributed by atoms with Crippen LogP contribution in [0.1, 0.15) is 45.9 Å². The van der Waals surface area contributed by atoms with Crippen molar-refractivity contribution in [1.29, 1.82) is 0 Å². The van der Waals surface area contributed by atoms with E-state index in [1.807, 2.05) is 12.1 Å². The smallest absolute Gasteiger partial charge is 0.416 e. The third kappa shape index (κ3) is 6.42. The summed E-state index contributed by atoms with van der Waals surface area (Å²) >= 11 is 0. The van der Waals surface area contributed by atoms with Gasteiger partial charge >= 0.3 is 6.18 Å². The Morgan fingerprint density at radius 1 is 1.00 bits per heavy atom. The van der Waals surface area contributed by atoms with Gasteiger partial charge < -0.3 is 24.8 Å². The van der Waals surface area contributed by atoms with Crippen LogP contribution in [0.2, 0.25) is 0 Å². The second-order valence-electron chi connectivity index (χ2n) is 10.6. The van der Waals surface area contributed by atoms with Gasteiger partial charge in [0.25, 0.3) is 5.91 Å². The molecule has 1 saturated heterocycles. The number of carbonyl (C=O) groups excluding carboxylic acids is 1. The number of pyridine rings is 1. The van der Waals surface area contributed by atoms with Crippen LogP contribution < -0.4 is 20.1 Å². The van der Waals surface area contributed by atoms with Gasteiger partial charge in [-0.25, -0.2) is 19.6 Å². The van der Waals surface area contributed by atoms with Crippen LogP contribution in [0.5, 0.6) is 11.5 Å². The summed E-state index contributed by atoms with van der Waals surface area (Å²) in [5.41, 5.74) is 3.02. The lowest BCUT2D eigenvalue weighted by Crippen LogP contribution is -2.15. The molecule has 46 heavy (non-hydrogen) atoms. The number of ether oxygens (including phenoxy) is 3. The Hall–Kier alpha value is -5.24. The molecule has 0 aliphatic carbocycles. The van der Waals surface area contributed by atoms with Crippen molar-refractivity contribution in [2.24, 2.45) is 0 Å². The number of carbonyl (C=O) groups is 1. The van der Waals surface area contributed by atoms with Crippen LogP contribution >= 0.6 is 0 Å². The minimum absolute atomic E-state index is 0.131. The van der Waals surface area contributed by atoms with Crippen LogP contribution in [-0.2, 0) is 17.5 Å². The Morgan fingerprint density at radius 3 is 2.50 bits per heavy atom. The number of anilines is 2. The number of rotatable bonds is 9. The number of halogens is 3. The minimum Gasteiger partial charge on any atom is -0.497 e. The number of nitrogens with one attached hydrogen (secondary N) is 2. The maximum atomic E-state index is 13.1. The highest BCUT2D eigenvalue weighted by Crippen LogP contribution is 2.35. The molecule has 6 rings (SSSR count). The molecular formula is C32H30F3N7O4. The van der Waals surface area contributed by atoms with Crippen molar-refractivity contribution < 1.29 is 32.2 Å². The zero-order valence-corrected chi connectivity index (χ0v) is 25.0. The van der Waals surface area contributed by atoms with Crippen LogP contribution in [0, 0.1) is 0 Å². The maximum Gasteiger partial charge on any atom is 0.416 e. The van der Waals surface area contributed by atoms with Gasteiger partial charge in [0, 0.05) is 49.1 Å². The van der Waals surface area contributed by atoms with E-state index >= 15 is 0 Å². The van der Waals surface area contributed by atoms with E-state index in [1.165, 1.54) is 6.33 Å². The molecule has 11 nitrogen and oxygen atoms in total. The van der Waals surface area contributed by atoms with Gasteiger partial charge in [-0.15, -0.1) is 0 Å². The Bertz CT molecular complexity index is 1860. The zero-order valence-electron chi connectivity index (χ0n) is 25.0. The molecule has 14 heteroatoms. The molecule has 4 heterocycles. The van der Waals surface area contributed by atoms with E-state index in [4.69, 9.17) is 19.3 Å². The van der Waals surface area contributed by atoms with Gasteiger partial charge in [-0.2, -0.15) is 18.3 Å². The molecule has 0 saturated carbocycles. The van der Waals surface area contributed by atoms with Crippen molar-refractivity contribution in [3.05, 3.63) is 89.5 Å². The number of nitrogens with zero attached hydrogens (tertiary/aromatic N) is 5. The lowest BCUT2D eigenvalue weighted by Gasteiger charge is -2.20. The highest BCUT2D eigenvalue weighted by Gasteiger charge is 2.31. The SMILES string of the molecule is COc1ccc(CNc2ncnc3c(C4CCOCC4)nn(-c4ccc(C(=O)Nc5cc(C(F)(F)F)ccn5)cc4)c23)c(OC)c1. The standard InChI is InChI=1S/C32H30F3N7O4/c1-44-24-8-5-21(25(16-24)45-2)17-37-30-29-28(38-18-39-30)27(19-10-13-46-14-11-19)41-42(29)23-6-3-20(4-7-23)31(43)40-26-15-22(9-12-36-26)32(33,34)35/h3-9,12,15-16,18-19H,10-11,13-14,17H2,1-2H3,(H,36,40,43)(H,37,38,39). The molecule has 5 aromatic rings. The fraction of sp³-hybridized carbons (Fsp3) is 0.281. The number of amides is 1. The van der Waals surface area contributed by atoms with E-state index in [0.29, 0.717) is 53.8 Å². The summed E-state index contributed by atoms with van der Waals surface area (Å²) in [4.78, 5) is 25.9. The predicted octanol–water partition coefficient (Wildman–Crippen LogP) is 6.00. The van der Waals surface area contributed by atoms with Crippen LogP contribution in [0.4, 0.5) is 24.8 Å². The van der Waals surface area contributed by atoms with Crippen molar-refractivity contribution >= 4 is 28.6 Å². The van der Waals surface area contributed by atoms with Crippen molar-refractivity contribution in [3.63, 3.8) is 0 Å². The molecule has 1 aliphatic heterocycles. The van der Waals surface area contributed by atoms with Gasteiger partial charge in [-0.05, 0) is 61.4 Å². The number of aromatic nitrogens is 5. The predicted molar refractivity (Wildman–Crippen MR) is 164 cm³/mol. The van der Waals surface area contributed by atoms with E-state index < -0.39 is 17.6 Å². The first-order valence-corrected chi connectivity index (χ1v) is 14.5. The summed E-state index contributed by atoms with van der Waals surface area (Å²) in [6.07, 6.45) is -0.466. The number of fused-ring (bicyclic) bond motifs is 1. The maximum absolute atomic E-state index is 13.1. The molecule has 1 aliphatic rings. The molecule has 0 bridgehead atoms. The lowest BCUT2D eigenvalue weighted by molar-refractivity contribution is -0.137. The van der Waals surface area contributed by atoms with Gasteiger partial charge in [-0.1, -0.05) is 0 Å². The number of hydrogen-bond donors (Lipinski definition) is 2. The summed E-state index contributed by atoms with van der Waals surface area (Å²) in [6, 6.07) is 13.7. The van der Waals surface area contributed by atoms with Crippen LogP contribution in [0.15, 0.2) is 67.1 Å². The molecule has 0 spiro atoms. The third-order valence-corrected chi connectivity index (χ3v) is 7.74. The summed E-state index contributed by atoms with van der Waals surface area (Å²) in [5, 5.41) is 10.8. The van der Waals surface area contributed by atoms with Crippen LogP contribution in [-0.4, -0.2) is 58.1 Å². The second-order valence-corrected chi connectivity index (χ2v) is 10.6. The average molecular weight is 634 g/mol. The van der Waals surface area contributed by atoms with Crippen molar-refractivity contribution in [2.75, 3.05) is 38.1 Å². The van der Waals surface area contributed by atoms with Crippen LogP contribution in [0.25, 0.3) is 16.7 Å². The first kappa shape index (κ1) is 30.8. The molecule has 3 aromatic heterocycles. The molecule has 2 N–H and O–H groups in total. The van der Waals surface area contributed by atoms with E-state index in [1.54, 1.807) is 49.2 Å². The first-order valence-electron chi connectivity index (χ1n) is 14.5. The average Bonchev–Trinajstić information content (AvgIpc) is 3.48. The number of alkyl halides is 3. The van der Waals surface area contributed by atoms with Crippen molar-refractivity contribution in [1.82, 2.24) is 24.7 Å². The van der Waals surface area contributed by atoms with Gasteiger partial charge in [0.15, 0.2) is 5.82 Å². The van der Waals surface area contributed by atoms with Gasteiger partial charge in [0.2, 0.25) is 0 Å². The molecule has 1 fully saturated rings. The van der Waals surface area contributed by atoms with Gasteiger partial charge in [-0.3, -0.25) is 4.79 Å². The molecule has 238 valence electrons. The topological polar surface area (TPSA) is 125 Å². The minimum atomic E-state index is -4.56. The lowest BCUT2D eigenvalue weighted by atomic mass is 9.96. The van der Waals surface area contributed by atoms with Gasteiger partial charge in [0.1, 0.15) is 34.7 Å². The molecule has 0 atom stereocenters. The summed E-state index contributed by atoms with van der Waals surface area (Å²) < 4.78 is 57.5. The fourth-order valence-corrected chi connectivity index (χ4v) is 5.33.